The first-order valence-electron chi connectivity index (χ1n) is 4.80. The normalized spacial score (nSPS) is 13.4. The van der Waals surface area contributed by atoms with Gasteiger partial charge in [-0.3, -0.25) is 0 Å². The number of nitrogens with two attached hydrogens (primary N) is 1. The van der Waals surface area contributed by atoms with E-state index in [9.17, 15) is 0 Å². The Balaban J connectivity index is 2.71. The van der Waals surface area contributed by atoms with Gasteiger partial charge in [-0.15, -0.1) is 0 Å². The van der Waals surface area contributed by atoms with Gasteiger partial charge < -0.3 is 10.1 Å². The molecular weight excluding hydrogens is 174 g/mol. The maximum atomic E-state index is 5.83. The first-order valence-corrected chi connectivity index (χ1v) is 4.80. The van der Waals surface area contributed by atoms with E-state index in [1.165, 1.54) is 0 Å². The van der Waals surface area contributed by atoms with Gasteiger partial charge in [-0.1, -0.05) is 6.07 Å². The van der Waals surface area contributed by atoms with Crippen molar-refractivity contribution in [1.29, 1.82) is 0 Å². The summed E-state index contributed by atoms with van der Waals surface area (Å²) in [7, 11) is 0. The first-order chi connectivity index (χ1) is 6.59. The molecule has 2 aromatic rings. The van der Waals surface area contributed by atoms with Gasteiger partial charge in [0.05, 0.1) is 11.2 Å². The van der Waals surface area contributed by atoms with Crippen LogP contribution in [0.5, 0.6) is 0 Å². The number of aromatic nitrogens is 2. The Morgan fingerprint density at radius 3 is 2.71 bits per heavy atom. The third-order valence-corrected chi connectivity index (χ3v) is 2.55. The molecule has 3 nitrogen and oxygen atoms in total. The average molecular weight is 189 g/mol. The molecule has 74 valence electrons. The smallest absolute Gasteiger partial charge is 0.110 e. The second kappa shape index (κ2) is 3.10. The van der Waals surface area contributed by atoms with Crippen LogP contribution in [-0.2, 0) is 0 Å². The van der Waals surface area contributed by atoms with Crippen molar-refractivity contribution in [3.05, 3.63) is 35.4 Å². The van der Waals surface area contributed by atoms with Gasteiger partial charge in [0.25, 0.3) is 0 Å². The van der Waals surface area contributed by atoms with Gasteiger partial charge in [-0.2, -0.15) is 0 Å². The van der Waals surface area contributed by atoms with Gasteiger partial charge >= 0.3 is 0 Å². The van der Waals surface area contributed by atoms with Crippen LogP contribution in [0.15, 0.2) is 18.3 Å². The molecule has 2 aromatic heterocycles. The summed E-state index contributed by atoms with van der Waals surface area (Å²) in [4.78, 5) is 4.41. The lowest BCUT2D eigenvalue weighted by atomic mass is 10.1. The number of hydrogen-bond donors (Lipinski definition) is 1. The number of fused-ring (bicyclic) bond motifs is 1. The topological polar surface area (TPSA) is 43.3 Å². The minimum atomic E-state index is 0.0708. The lowest BCUT2D eigenvalue weighted by Crippen LogP contribution is -2.06. The lowest BCUT2D eigenvalue weighted by molar-refractivity contribution is 0.806. The molecule has 3 heteroatoms. The fraction of sp³-hybridized carbons (Fsp3) is 0.364. The van der Waals surface area contributed by atoms with Gasteiger partial charge in [0.1, 0.15) is 5.82 Å². The van der Waals surface area contributed by atoms with Crippen LogP contribution in [0.1, 0.15) is 30.0 Å². The maximum Gasteiger partial charge on any atom is 0.110 e. The van der Waals surface area contributed by atoms with Crippen LogP contribution in [0.2, 0.25) is 0 Å². The second-order valence-corrected chi connectivity index (χ2v) is 3.75. The molecule has 0 saturated carbocycles. The largest absolute Gasteiger partial charge is 0.324 e. The number of imidazole rings is 1. The molecule has 2 heterocycles. The van der Waals surface area contributed by atoms with Crippen LogP contribution >= 0.6 is 0 Å². The highest BCUT2D eigenvalue weighted by Crippen LogP contribution is 2.16. The van der Waals surface area contributed by atoms with Crippen LogP contribution in [-0.4, -0.2) is 9.38 Å². The zero-order chi connectivity index (χ0) is 10.3. The van der Waals surface area contributed by atoms with Crippen molar-refractivity contribution < 1.29 is 0 Å². The minimum Gasteiger partial charge on any atom is -0.324 e. The highest BCUT2D eigenvalue weighted by molar-refractivity contribution is 5.53. The van der Waals surface area contributed by atoms with Gasteiger partial charge in [0.2, 0.25) is 0 Å². The Labute approximate surface area is 83.6 Å². The molecular formula is C11H15N3. The zero-order valence-corrected chi connectivity index (χ0v) is 8.78. The fourth-order valence-corrected chi connectivity index (χ4v) is 1.70. The molecule has 2 rings (SSSR count). The number of aryl methyl sites for hydroxylation is 2. The predicted molar refractivity (Wildman–Crippen MR) is 57.3 cm³/mol. The third-order valence-electron chi connectivity index (χ3n) is 2.55. The predicted octanol–water partition coefficient (Wildman–Crippen LogP) is 1.97. The van der Waals surface area contributed by atoms with Crippen molar-refractivity contribution in [2.24, 2.45) is 5.73 Å². The van der Waals surface area contributed by atoms with E-state index in [1.807, 2.05) is 20.8 Å². The molecule has 1 unspecified atom stereocenters. The second-order valence-electron chi connectivity index (χ2n) is 3.75. The highest BCUT2D eigenvalue weighted by Gasteiger charge is 2.06. The minimum absolute atomic E-state index is 0.0708. The van der Waals surface area contributed by atoms with Crippen molar-refractivity contribution in [2.45, 2.75) is 26.8 Å². The van der Waals surface area contributed by atoms with Crippen molar-refractivity contribution in [1.82, 2.24) is 9.38 Å². The number of hydrogen-bond acceptors (Lipinski definition) is 2. The molecule has 0 amide bonds. The number of nitrogens with zero attached hydrogens (tertiary/aromatic N) is 2. The SMILES string of the molecule is Cc1nc(C)n2cc(C(C)N)ccc12. The zero-order valence-electron chi connectivity index (χ0n) is 8.78. The Hall–Kier alpha value is -1.35. The van der Waals surface area contributed by atoms with E-state index in [2.05, 4.69) is 27.7 Å². The van der Waals surface area contributed by atoms with E-state index < -0.39 is 0 Å². The van der Waals surface area contributed by atoms with E-state index in [1.54, 1.807) is 0 Å². The molecule has 0 spiro atoms. The van der Waals surface area contributed by atoms with Crippen LogP contribution in [0, 0.1) is 13.8 Å². The summed E-state index contributed by atoms with van der Waals surface area (Å²) in [6.45, 7) is 6.01. The standard InChI is InChI=1S/C11H15N3/c1-7(12)10-4-5-11-8(2)13-9(3)14(11)6-10/h4-7H,12H2,1-3H3. The summed E-state index contributed by atoms with van der Waals surface area (Å²) < 4.78 is 2.09. The van der Waals surface area contributed by atoms with Crippen molar-refractivity contribution in [3.63, 3.8) is 0 Å². The number of pyridine rings is 1. The molecule has 0 aromatic carbocycles. The van der Waals surface area contributed by atoms with Crippen LogP contribution < -0.4 is 5.73 Å². The highest BCUT2D eigenvalue weighted by atomic mass is 15.0. The van der Waals surface area contributed by atoms with E-state index in [4.69, 9.17) is 5.73 Å². The third kappa shape index (κ3) is 1.30. The van der Waals surface area contributed by atoms with Crippen molar-refractivity contribution >= 4 is 5.52 Å². The lowest BCUT2D eigenvalue weighted by Gasteiger charge is -2.06. The summed E-state index contributed by atoms with van der Waals surface area (Å²) in [6, 6.07) is 4.21. The van der Waals surface area contributed by atoms with E-state index in [0.717, 1.165) is 22.6 Å². The molecule has 0 saturated heterocycles. The summed E-state index contributed by atoms with van der Waals surface area (Å²) >= 11 is 0. The van der Waals surface area contributed by atoms with E-state index in [-0.39, 0.29) is 6.04 Å². The van der Waals surface area contributed by atoms with Gasteiger partial charge in [0, 0.05) is 12.2 Å². The summed E-state index contributed by atoms with van der Waals surface area (Å²) in [5.74, 6) is 1.01. The van der Waals surface area contributed by atoms with Gasteiger partial charge in [-0.05, 0) is 32.4 Å². The molecule has 0 aliphatic rings. The van der Waals surface area contributed by atoms with Gasteiger partial charge in [0.15, 0.2) is 0 Å². The van der Waals surface area contributed by atoms with Gasteiger partial charge in [-0.25, -0.2) is 4.98 Å². The Kier molecular flexibility index (Phi) is 2.04. The number of rotatable bonds is 1. The van der Waals surface area contributed by atoms with Crippen molar-refractivity contribution in [2.75, 3.05) is 0 Å². The quantitative estimate of drug-likeness (QED) is 0.745. The molecule has 14 heavy (non-hydrogen) atoms. The van der Waals surface area contributed by atoms with Crippen LogP contribution in [0.3, 0.4) is 0 Å². The summed E-state index contributed by atoms with van der Waals surface area (Å²) in [5.41, 5.74) is 9.19. The molecule has 1 atom stereocenters. The van der Waals surface area contributed by atoms with Crippen molar-refractivity contribution in [3.8, 4) is 0 Å². The maximum absolute atomic E-state index is 5.83. The van der Waals surface area contributed by atoms with E-state index >= 15 is 0 Å². The van der Waals surface area contributed by atoms with Crippen LogP contribution in [0.25, 0.3) is 5.52 Å². The first kappa shape index (κ1) is 9.21. The molecule has 2 N–H and O–H groups in total. The summed E-state index contributed by atoms with van der Waals surface area (Å²) in [5, 5.41) is 0. The average Bonchev–Trinajstić information content (AvgIpc) is 2.42. The molecule has 0 bridgehead atoms. The molecule has 0 fully saturated rings. The molecule has 0 aliphatic carbocycles. The van der Waals surface area contributed by atoms with Crippen LogP contribution in [0.4, 0.5) is 0 Å². The molecule has 0 aliphatic heterocycles. The Bertz CT molecular complexity index is 469. The Morgan fingerprint density at radius 1 is 1.36 bits per heavy atom. The molecule has 0 radical (unpaired) electrons. The van der Waals surface area contributed by atoms with E-state index in [0.29, 0.717) is 0 Å². The Morgan fingerprint density at radius 2 is 2.07 bits per heavy atom. The monoisotopic (exact) mass is 189 g/mol. The summed E-state index contributed by atoms with van der Waals surface area (Å²) in [6.07, 6.45) is 2.06. The fourth-order valence-electron chi connectivity index (χ4n) is 1.70.